The fourth-order valence-corrected chi connectivity index (χ4v) is 2.99. The highest BCUT2D eigenvalue weighted by molar-refractivity contribution is 5.55. The lowest BCUT2D eigenvalue weighted by molar-refractivity contribution is -0.00112. The summed E-state index contributed by atoms with van der Waals surface area (Å²) in [5.74, 6) is 1.19. The van der Waals surface area contributed by atoms with Crippen LogP contribution < -0.4 is 0 Å². The summed E-state index contributed by atoms with van der Waals surface area (Å²) in [5, 5.41) is 12.5. The summed E-state index contributed by atoms with van der Waals surface area (Å²) in [7, 11) is 0. The van der Waals surface area contributed by atoms with Crippen molar-refractivity contribution in [2.75, 3.05) is 0 Å². The number of ether oxygens (including phenoxy) is 1. The molecule has 1 aromatic carbocycles. The zero-order valence-electron chi connectivity index (χ0n) is 14.0. The van der Waals surface area contributed by atoms with Gasteiger partial charge in [0.2, 0.25) is 5.82 Å². The third kappa shape index (κ3) is 2.51. The molecule has 8 heteroatoms. The quantitative estimate of drug-likeness (QED) is 0.561. The summed E-state index contributed by atoms with van der Waals surface area (Å²) < 4.78 is 18.4. The third-order valence-electron chi connectivity index (χ3n) is 4.42. The molecule has 8 nitrogen and oxygen atoms in total. The number of benzene rings is 1. The van der Waals surface area contributed by atoms with E-state index >= 15 is 0 Å². The zero-order valence-corrected chi connectivity index (χ0v) is 14.0. The first-order valence-corrected chi connectivity index (χ1v) is 8.26. The van der Waals surface area contributed by atoms with Gasteiger partial charge in [0.25, 0.3) is 5.89 Å². The molecule has 0 aliphatic carbocycles. The van der Waals surface area contributed by atoms with E-state index in [-0.39, 0.29) is 6.10 Å². The lowest BCUT2D eigenvalue weighted by atomic mass is 10.1. The lowest BCUT2D eigenvalue weighted by Gasteiger charge is -2.24. The number of hydrogen-bond acceptors (Lipinski definition) is 7. The van der Waals surface area contributed by atoms with Gasteiger partial charge in [0, 0.05) is 0 Å². The van der Waals surface area contributed by atoms with Crippen molar-refractivity contribution in [2.24, 2.45) is 0 Å². The summed E-state index contributed by atoms with van der Waals surface area (Å²) in [4.78, 5) is 4.35. The number of hydrogen-bond donors (Lipinski definition) is 0. The van der Waals surface area contributed by atoms with Crippen LogP contribution >= 0.6 is 0 Å². The van der Waals surface area contributed by atoms with Gasteiger partial charge in [-0.15, -0.1) is 5.10 Å². The zero-order chi connectivity index (χ0) is 17.5. The number of aryl methyl sites for hydroxylation is 1. The summed E-state index contributed by atoms with van der Waals surface area (Å²) >= 11 is 0. The Morgan fingerprint density at radius 1 is 1.15 bits per heavy atom. The molecular formula is C18H15N5O3. The molecule has 0 N–H and O–H groups in total. The molecule has 0 amide bonds. The van der Waals surface area contributed by atoms with Crippen LogP contribution in [-0.4, -0.2) is 25.1 Å². The van der Waals surface area contributed by atoms with Crippen LogP contribution in [0.4, 0.5) is 0 Å². The Morgan fingerprint density at radius 2 is 2.04 bits per heavy atom. The normalized spacial score (nSPS) is 16.6. The largest absolute Gasteiger partial charge is 0.459 e. The number of nitrogens with zero attached hydrogens (tertiary/aromatic N) is 5. The van der Waals surface area contributed by atoms with Gasteiger partial charge < -0.3 is 13.7 Å². The fraction of sp³-hybridized carbons (Fsp3) is 0.222. The van der Waals surface area contributed by atoms with Gasteiger partial charge in [-0.2, -0.15) is 4.98 Å². The average Bonchev–Trinajstić information content (AvgIpc) is 3.41. The van der Waals surface area contributed by atoms with E-state index in [0.29, 0.717) is 36.3 Å². The Hall–Kier alpha value is -3.26. The Balaban J connectivity index is 1.42. The van der Waals surface area contributed by atoms with Crippen LogP contribution in [0.15, 0.2) is 51.6 Å². The Bertz CT molecular complexity index is 1030. The third-order valence-corrected chi connectivity index (χ3v) is 4.42. The molecule has 130 valence electrons. The Kier molecular flexibility index (Phi) is 3.42. The van der Waals surface area contributed by atoms with Crippen LogP contribution in [0, 0.1) is 6.92 Å². The van der Waals surface area contributed by atoms with E-state index in [1.165, 1.54) is 5.56 Å². The first kappa shape index (κ1) is 15.0. The van der Waals surface area contributed by atoms with Crippen LogP contribution in [0.3, 0.4) is 0 Å². The first-order valence-electron chi connectivity index (χ1n) is 8.26. The van der Waals surface area contributed by atoms with E-state index in [1.54, 1.807) is 18.4 Å². The fourth-order valence-electron chi connectivity index (χ4n) is 2.99. The topological polar surface area (TPSA) is 92.0 Å². The maximum atomic E-state index is 6.02. The molecule has 4 aromatic rings. The van der Waals surface area contributed by atoms with Crippen LogP contribution in [0.1, 0.15) is 22.9 Å². The summed E-state index contributed by atoms with van der Waals surface area (Å²) in [6, 6.07) is 11.8. The minimum Gasteiger partial charge on any atom is -0.459 e. The molecule has 0 saturated heterocycles. The lowest BCUT2D eigenvalue weighted by Crippen LogP contribution is -2.22. The molecule has 4 heterocycles. The molecule has 1 aliphatic rings. The van der Waals surface area contributed by atoms with Gasteiger partial charge in [0.05, 0.1) is 25.1 Å². The summed E-state index contributed by atoms with van der Waals surface area (Å²) in [5.41, 5.74) is 3.74. The van der Waals surface area contributed by atoms with Crippen molar-refractivity contribution >= 4 is 0 Å². The minimum atomic E-state index is -0.0541. The number of fused-ring (bicyclic) bond motifs is 1. The molecule has 26 heavy (non-hydrogen) atoms. The first-order chi connectivity index (χ1) is 12.8. The minimum absolute atomic E-state index is 0.0541. The summed E-state index contributed by atoms with van der Waals surface area (Å²) in [6.07, 6.45) is 1.50. The number of aromatic nitrogens is 5. The number of furan rings is 1. The molecule has 0 fully saturated rings. The van der Waals surface area contributed by atoms with E-state index in [0.717, 1.165) is 11.3 Å². The second-order valence-corrected chi connectivity index (χ2v) is 6.18. The van der Waals surface area contributed by atoms with E-state index < -0.39 is 0 Å². The number of rotatable bonds is 3. The second kappa shape index (κ2) is 5.92. The van der Waals surface area contributed by atoms with Crippen LogP contribution in [-0.2, 0) is 17.9 Å². The maximum absolute atomic E-state index is 6.02. The molecule has 1 unspecified atom stereocenters. The molecule has 3 aromatic heterocycles. The van der Waals surface area contributed by atoms with Crippen molar-refractivity contribution in [1.29, 1.82) is 0 Å². The van der Waals surface area contributed by atoms with E-state index in [2.05, 4.69) is 51.6 Å². The van der Waals surface area contributed by atoms with Crippen LogP contribution in [0.2, 0.25) is 0 Å². The average molecular weight is 349 g/mol. The van der Waals surface area contributed by atoms with Gasteiger partial charge in [-0.25, -0.2) is 4.68 Å². The molecular weight excluding hydrogens is 334 g/mol. The predicted molar refractivity (Wildman–Crippen MR) is 89.7 cm³/mol. The van der Waals surface area contributed by atoms with Crippen molar-refractivity contribution in [3.05, 3.63) is 59.5 Å². The van der Waals surface area contributed by atoms with Crippen molar-refractivity contribution in [1.82, 2.24) is 25.1 Å². The Morgan fingerprint density at radius 3 is 2.85 bits per heavy atom. The maximum Gasteiger partial charge on any atom is 0.293 e. The van der Waals surface area contributed by atoms with Gasteiger partial charge in [0.15, 0.2) is 11.5 Å². The van der Waals surface area contributed by atoms with E-state index in [9.17, 15) is 0 Å². The van der Waals surface area contributed by atoms with Gasteiger partial charge >= 0.3 is 0 Å². The van der Waals surface area contributed by atoms with Crippen LogP contribution in [0.25, 0.3) is 23.2 Å². The van der Waals surface area contributed by atoms with Crippen LogP contribution in [0.5, 0.6) is 0 Å². The Labute approximate surface area is 148 Å². The monoisotopic (exact) mass is 349 g/mol. The molecule has 1 aliphatic heterocycles. The standard InChI is InChI=1S/C18H15N5O3/c1-11-4-6-12(7-5-11)15-9-23-13(10-25-15)16(20-22-23)17-19-18(26-21-17)14-3-2-8-24-14/h2-8,15H,9-10H2,1H3. The highest BCUT2D eigenvalue weighted by Crippen LogP contribution is 2.30. The smallest absolute Gasteiger partial charge is 0.293 e. The van der Waals surface area contributed by atoms with Crippen molar-refractivity contribution in [3.8, 4) is 23.2 Å². The van der Waals surface area contributed by atoms with E-state index in [1.807, 2.05) is 4.68 Å². The SMILES string of the molecule is Cc1ccc(C2Cn3nnc(-c4noc(-c5ccco5)n4)c3CO2)cc1. The van der Waals surface area contributed by atoms with E-state index in [4.69, 9.17) is 13.7 Å². The van der Waals surface area contributed by atoms with Crippen molar-refractivity contribution in [3.63, 3.8) is 0 Å². The summed E-state index contributed by atoms with van der Waals surface area (Å²) in [6.45, 7) is 3.04. The molecule has 0 spiro atoms. The molecule has 0 radical (unpaired) electrons. The molecule has 5 rings (SSSR count). The highest BCUT2D eigenvalue weighted by atomic mass is 16.5. The highest BCUT2D eigenvalue weighted by Gasteiger charge is 2.27. The second-order valence-electron chi connectivity index (χ2n) is 6.18. The van der Waals surface area contributed by atoms with Gasteiger partial charge in [0.1, 0.15) is 6.10 Å². The van der Waals surface area contributed by atoms with Gasteiger partial charge in [-0.1, -0.05) is 40.2 Å². The van der Waals surface area contributed by atoms with Crippen molar-refractivity contribution in [2.45, 2.75) is 26.2 Å². The van der Waals surface area contributed by atoms with Gasteiger partial charge in [-0.3, -0.25) is 0 Å². The molecule has 0 bridgehead atoms. The van der Waals surface area contributed by atoms with Gasteiger partial charge in [-0.05, 0) is 24.6 Å². The molecule has 0 saturated carbocycles. The van der Waals surface area contributed by atoms with Crippen molar-refractivity contribution < 1.29 is 13.7 Å². The molecule has 1 atom stereocenters. The predicted octanol–water partition coefficient (Wildman–Crippen LogP) is 3.17.